The van der Waals surface area contributed by atoms with E-state index in [4.69, 9.17) is 4.52 Å². The molecular weight excluding hydrogens is 150 g/mol. The molecule has 0 aromatic heterocycles. The first-order valence-electron chi connectivity index (χ1n) is 2.46. The third kappa shape index (κ3) is 7.83. The van der Waals surface area contributed by atoms with Crippen molar-refractivity contribution in [3.8, 4) is 0 Å². The summed E-state index contributed by atoms with van der Waals surface area (Å²) < 4.78 is 15.1. The Labute approximate surface area is 93.7 Å². The molecule has 0 aliphatic carbocycles. The quantitative estimate of drug-likeness (QED) is 0.454. The van der Waals surface area contributed by atoms with Gasteiger partial charge in [-0.25, -0.2) is 0 Å². The summed E-state index contributed by atoms with van der Waals surface area (Å²) in [6.45, 7) is 4.28. The standard InChI is InChI=1S/C4H11O2P.K.H/c1-3-6-7(5)4-2;;/h7H,3-4H2,1-2H3;;. The SMILES string of the molecule is CCO[PH](=O)CC.[KH]. The molecule has 8 heavy (non-hydrogen) atoms. The number of rotatable bonds is 3. The second-order valence-electron chi connectivity index (χ2n) is 1.16. The van der Waals surface area contributed by atoms with Crippen molar-refractivity contribution in [3.63, 3.8) is 0 Å². The molecule has 4 heteroatoms. The van der Waals surface area contributed by atoms with E-state index < -0.39 is 8.03 Å². The van der Waals surface area contributed by atoms with Crippen molar-refractivity contribution < 1.29 is 9.09 Å². The zero-order chi connectivity index (χ0) is 5.70. The van der Waals surface area contributed by atoms with Crippen molar-refractivity contribution in [2.45, 2.75) is 13.8 Å². The topological polar surface area (TPSA) is 26.3 Å². The average Bonchev–Trinajstić information content (AvgIpc) is 1.68. The molecule has 0 aliphatic rings. The van der Waals surface area contributed by atoms with Crippen LogP contribution in [-0.4, -0.2) is 64.2 Å². The van der Waals surface area contributed by atoms with Crippen molar-refractivity contribution in [2.75, 3.05) is 12.8 Å². The summed E-state index contributed by atoms with van der Waals surface area (Å²) in [5.41, 5.74) is 0. The van der Waals surface area contributed by atoms with E-state index in [0.717, 1.165) is 0 Å². The number of hydrogen-bond acceptors (Lipinski definition) is 2. The van der Waals surface area contributed by atoms with Crippen LogP contribution in [0.4, 0.5) is 0 Å². The molecule has 0 fully saturated rings. The number of hydrogen-bond donors (Lipinski definition) is 0. The van der Waals surface area contributed by atoms with Gasteiger partial charge < -0.3 is 4.52 Å². The van der Waals surface area contributed by atoms with Gasteiger partial charge in [-0.05, 0) is 6.92 Å². The minimum atomic E-state index is -1.63. The van der Waals surface area contributed by atoms with Crippen LogP contribution in [0.5, 0.6) is 0 Å². The van der Waals surface area contributed by atoms with Crippen LogP contribution in [0.3, 0.4) is 0 Å². The van der Waals surface area contributed by atoms with E-state index in [1.807, 2.05) is 13.8 Å². The molecule has 1 unspecified atom stereocenters. The fraction of sp³-hybridized carbons (Fsp3) is 1.00. The molecule has 0 spiro atoms. The van der Waals surface area contributed by atoms with Gasteiger partial charge in [-0.1, -0.05) is 6.92 Å². The van der Waals surface area contributed by atoms with Gasteiger partial charge in [0.05, 0.1) is 6.61 Å². The van der Waals surface area contributed by atoms with Crippen LogP contribution in [-0.2, 0) is 9.09 Å². The maximum absolute atomic E-state index is 10.4. The van der Waals surface area contributed by atoms with Gasteiger partial charge in [0.25, 0.3) is 0 Å². The van der Waals surface area contributed by atoms with Crippen LogP contribution < -0.4 is 0 Å². The molecule has 0 aromatic carbocycles. The Balaban J connectivity index is 0. The van der Waals surface area contributed by atoms with Gasteiger partial charge in [-0.2, -0.15) is 0 Å². The first-order chi connectivity index (χ1) is 3.31. The Morgan fingerprint density at radius 3 is 2.12 bits per heavy atom. The van der Waals surface area contributed by atoms with E-state index in [1.54, 1.807) is 0 Å². The Morgan fingerprint density at radius 2 is 2.00 bits per heavy atom. The van der Waals surface area contributed by atoms with E-state index >= 15 is 0 Å². The van der Waals surface area contributed by atoms with Crippen LogP contribution in [0, 0.1) is 0 Å². The molecule has 0 bridgehead atoms. The minimum absolute atomic E-state index is 0. The fourth-order valence-electron chi connectivity index (χ4n) is 0.263. The van der Waals surface area contributed by atoms with E-state index in [2.05, 4.69) is 0 Å². The zero-order valence-corrected chi connectivity index (χ0v) is 5.73. The van der Waals surface area contributed by atoms with Gasteiger partial charge in [-0.3, -0.25) is 4.57 Å². The van der Waals surface area contributed by atoms with Gasteiger partial charge in [0.1, 0.15) is 0 Å². The van der Waals surface area contributed by atoms with Crippen LogP contribution in [0.25, 0.3) is 0 Å². The summed E-state index contributed by atoms with van der Waals surface area (Å²) in [6, 6.07) is 0. The Kier molecular flexibility index (Phi) is 13.8. The van der Waals surface area contributed by atoms with Gasteiger partial charge in [0, 0.05) is 6.16 Å². The van der Waals surface area contributed by atoms with Crippen molar-refractivity contribution in [1.82, 2.24) is 0 Å². The summed E-state index contributed by atoms with van der Waals surface area (Å²) in [5, 5.41) is 0. The molecule has 46 valence electrons. The average molecular weight is 162 g/mol. The summed E-state index contributed by atoms with van der Waals surface area (Å²) in [5.74, 6) is 0. The summed E-state index contributed by atoms with van der Waals surface area (Å²) in [4.78, 5) is 0. The molecular formula is C4H12KO2P. The molecule has 0 saturated carbocycles. The van der Waals surface area contributed by atoms with Gasteiger partial charge in [-0.15, -0.1) is 0 Å². The molecule has 0 aromatic rings. The van der Waals surface area contributed by atoms with E-state index in [9.17, 15) is 4.57 Å². The molecule has 0 heterocycles. The van der Waals surface area contributed by atoms with Crippen LogP contribution in [0.1, 0.15) is 13.8 Å². The predicted octanol–water partition coefficient (Wildman–Crippen LogP) is 0.869. The predicted molar refractivity (Wildman–Crippen MR) is 38.3 cm³/mol. The molecule has 0 saturated heterocycles. The zero-order valence-electron chi connectivity index (χ0n) is 4.73. The maximum atomic E-state index is 10.4. The third-order valence-corrected chi connectivity index (χ3v) is 1.78. The van der Waals surface area contributed by atoms with Gasteiger partial charge in [0.15, 0.2) is 8.03 Å². The van der Waals surface area contributed by atoms with Crippen LogP contribution in [0.2, 0.25) is 0 Å². The van der Waals surface area contributed by atoms with Crippen molar-refractivity contribution >= 4 is 59.4 Å². The van der Waals surface area contributed by atoms with Crippen molar-refractivity contribution in [1.29, 1.82) is 0 Å². The van der Waals surface area contributed by atoms with Crippen molar-refractivity contribution in [3.05, 3.63) is 0 Å². The summed E-state index contributed by atoms with van der Waals surface area (Å²) in [6.07, 6.45) is 0.665. The van der Waals surface area contributed by atoms with E-state index in [-0.39, 0.29) is 51.4 Å². The summed E-state index contributed by atoms with van der Waals surface area (Å²) >= 11 is 0. The molecule has 0 amide bonds. The molecule has 0 N–H and O–H groups in total. The molecule has 2 nitrogen and oxygen atoms in total. The first kappa shape index (κ1) is 12.5. The van der Waals surface area contributed by atoms with Crippen LogP contribution in [0.15, 0.2) is 0 Å². The molecule has 0 radical (unpaired) electrons. The Morgan fingerprint density at radius 1 is 1.50 bits per heavy atom. The summed E-state index contributed by atoms with van der Waals surface area (Å²) in [7, 11) is -1.63. The normalized spacial score (nSPS) is 12.2. The van der Waals surface area contributed by atoms with Crippen LogP contribution >= 0.6 is 8.03 Å². The van der Waals surface area contributed by atoms with Gasteiger partial charge in [0.2, 0.25) is 0 Å². The second kappa shape index (κ2) is 8.83. The fourth-order valence-corrected chi connectivity index (χ4v) is 0.789. The van der Waals surface area contributed by atoms with Gasteiger partial charge >= 0.3 is 51.4 Å². The molecule has 1 atom stereocenters. The molecule has 0 rings (SSSR count). The van der Waals surface area contributed by atoms with Crippen molar-refractivity contribution in [2.24, 2.45) is 0 Å². The third-order valence-electron chi connectivity index (χ3n) is 0.594. The first-order valence-corrected chi connectivity index (χ1v) is 3.99. The molecule has 0 aliphatic heterocycles. The Bertz CT molecular complexity index is 67.1. The monoisotopic (exact) mass is 162 g/mol. The second-order valence-corrected chi connectivity index (χ2v) is 2.90. The van der Waals surface area contributed by atoms with E-state index in [1.165, 1.54) is 0 Å². The van der Waals surface area contributed by atoms with E-state index in [0.29, 0.717) is 12.8 Å². The Hall–Kier alpha value is 1.83.